The van der Waals surface area contributed by atoms with Gasteiger partial charge in [-0.25, -0.2) is 24.7 Å². The number of ether oxygens (including phenoxy) is 1. The first-order valence-electron chi connectivity index (χ1n) is 15.7. The minimum absolute atomic E-state index is 0.0689. The van der Waals surface area contributed by atoms with Crippen molar-refractivity contribution in [2.24, 2.45) is 0 Å². The number of nitrogens with one attached hydrogen (secondary N) is 3. The molecule has 0 atom stereocenters. The van der Waals surface area contributed by atoms with E-state index < -0.39 is 11.0 Å². The summed E-state index contributed by atoms with van der Waals surface area (Å²) in [6, 6.07) is 16.8. The first kappa shape index (κ1) is 36.3. The van der Waals surface area contributed by atoms with E-state index in [0.717, 1.165) is 44.4 Å². The molecule has 260 valence electrons. The Hall–Kier alpha value is -5.99. The van der Waals surface area contributed by atoms with Crippen LogP contribution >= 0.6 is 22.9 Å². The molecule has 0 saturated heterocycles. The van der Waals surface area contributed by atoms with Crippen LogP contribution < -0.4 is 20.7 Å². The number of rotatable bonds is 9. The molecule has 51 heavy (non-hydrogen) atoms. The number of halogens is 1. The number of aromatic nitrogens is 5. The molecule has 6 rings (SSSR count). The molecule has 0 fully saturated rings. The monoisotopic (exact) mass is 723 g/mol. The summed E-state index contributed by atoms with van der Waals surface area (Å²) in [6.07, 6.45) is 8.11. The Morgan fingerprint density at radius 2 is 1.51 bits per heavy atom. The van der Waals surface area contributed by atoms with Crippen molar-refractivity contribution in [1.29, 1.82) is 0 Å². The van der Waals surface area contributed by atoms with Crippen LogP contribution in [-0.2, 0) is 0 Å². The second-order valence-corrected chi connectivity index (χ2v) is 12.7. The van der Waals surface area contributed by atoms with Gasteiger partial charge in [0.25, 0.3) is 0 Å². The van der Waals surface area contributed by atoms with E-state index in [-0.39, 0.29) is 16.9 Å². The lowest BCUT2D eigenvalue weighted by atomic mass is 10.0. The van der Waals surface area contributed by atoms with E-state index in [2.05, 4.69) is 60.8 Å². The number of carbonyl (C=O) groups excluding carboxylic acids is 1. The summed E-state index contributed by atoms with van der Waals surface area (Å²) >= 11 is 7.04. The van der Waals surface area contributed by atoms with Crippen LogP contribution in [0.3, 0.4) is 0 Å². The zero-order chi connectivity index (χ0) is 36.5. The van der Waals surface area contributed by atoms with Crippen molar-refractivity contribution in [1.82, 2.24) is 24.9 Å². The molecule has 13 nitrogen and oxygen atoms in total. The second-order valence-electron chi connectivity index (χ2n) is 11.3. The fourth-order valence-corrected chi connectivity index (χ4v) is 5.66. The number of carbonyl (C=O) groups is 1. The number of hydrogen-bond acceptors (Lipinski definition) is 11. The van der Waals surface area contributed by atoms with Gasteiger partial charge in [-0.1, -0.05) is 35.1 Å². The first-order valence-corrected chi connectivity index (χ1v) is 16.9. The maximum Gasteiger partial charge on any atom is 0.323 e. The van der Waals surface area contributed by atoms with E-state index >= 15 is 0 Å². The van der Waals surface area contributed by atoms with Crippen LogP contribution in [0.5, 0.6) is 11.8 Å². The Morgan fingerprint density at radius 3 is 2.18 bits per heavy atom. The van der Waals surface area contributed by atoms with Crippen molar-refractivity contribution in [2.45, 2.75) is 34.6 Å². The molecular weight excluding hydrogens is 690 g/mol. The predicted molar refractivity (Wildman–Crippen MR) is 201 cm³/mol. The Balaban J connectivity index is 0.000000392. The molecule has 3 N–H and O–H groups in total. The maximum absolute atomic E-state index is 12.8. The standard InChI is InChI=1S/C30H29N7O2S.C6H5ClN2O2/c1-5-31-30-35-17-26(40-30)21-8-10-24(11-9-21)39-29-33-15-23(16-34-29)36-28(38)37-25-12-18(2)14-32-27(25)22-7-6-19(3)20(4)13-22;1-4-2-5(9(10)11)6(7)8-3-4/h6-17H,5H2,1-4H3,(H,31,35)(H2,36,37,38);2-3H,1H3. The molecule has 0 spiro atoms. The molecule has 6 aromatic rings. The molecule has 0 aliphatic carbocycles. The topological polar surface area (TPSA) is 170 Å². The fraction of sp³-hybridized carbons (Fsp3) is 0.167. The minimum atomic E-state index is -0.553. The summed E-state index contributed by atoms with van der Waals surface area (Å²) in [5.41, 5.74) is 7.58. The predicted octanol–water partition coefficient (Wildman–Crippen LogP) is 9.41. The number of nitro groups is 1. The van der Waals surface area contributed by atoms with E-state index in [1.807, 2.05) is 62.5 Å². The van der Waals surface area contributed by atoms with Crippen LogP contribution in [0.25, 0.3) is 21.7 Å². The summed E-state index contributed by atoms with van der Waals surface area (Å²) in [5.74, 6) is 0.601. The number of amides is 2. The zero-order valence-corrected chi connectivity index (χ0v) is 30.0. The zero-order valence-electron chi connectivity index (χ0n) is 28.4. The molecule has 0 bridgehead atoms. The number of urea groups is 1. The van der Waals surface area contributed by atoms with E-state index in [9.17, 15) is 14.9 Å². The molecule has 0 radical (unpaired) electrons. The fourth-order valence-electron chi connectivity index (χ4n) is 4.60. The van der Waals surface area contributed by atoms with Crippen LogP contribution in [0.1, 0.15) is 29.2 Å². The molecule has 0 aliphatic rings. The van der Waals surface area contributed by atoms with Gasteiger partial charge in [-0.2, -0.15) is 0 Å². The molecule has 0 saturated carbocycles. The number of anilines is 3. The van der Waals surface area contributed by atoms with Gasteiger partial charge in [-0.05, 0) is 98.8 Å². The highest BCUT2D eigenvalue weighted by molar-refractivity contribution is 7.18. The smallest absolute Gasteiger partial charge is 0.323 e. The number of pyridine rings is 2. The van der Waals surface area contributed by atoms with Gasteiger partial charge < -0.3 is 20.7 Å². The lowest BCUT2D eigenvalue weighted by Gasteiger charge is -2.13. The Morgan fingerprint density at radius 1 is 0.824 bits per heavy atom. The van der Waals surface area contributed by atoms with Crippen molar-refractivity contribution in [3.63, 3.8) is 0 Å². The van der Waals surface area contributed by atoms with E-state index in [4.69, 9.17) is 16.3 Å². The number of aryl methyl sites for hydroxylation is 4. The van der Waals surface area contributed by atoms with Gasteiger partial charge in [0.05, 0.1) is 39.3 Å². The molecule has 0 unspecified atom stereocenters. The van der Waals surface area contributed by atoms with Crippen LogP contribution in [0, 0.1) is 37.8 Å². The largest absolute Gasteiger partial charge is 0.424 e. The highest BCUT2D eigenvalue weighted by atomic mass is 35.5. The van der Waals surface area contributed by atoms with Gasteiger partial charge in [-0.3, -0.25) is 15.1 Å². The minimum Gasteiger partial charge on any atom is -0.424 e. The van der Waals surface area contributed by atoms with Gasteiger partial charge in [0.15, 0.2) is 5.13 Å². The highest BCUT2D eigenvalue weighted by Crippen LogP contribution is 2.31. The number of hydrogen-bond donors (Lipinski definition) is 3. The first-order chi connectivity index (χ1) is 24.5. The third-order valence-electron chi connectivity index (χ3n) is 7.27. The van der Waals surface area contributed by atoms with Gasteiger partial charge in [0.2, 0.25) is 5.15 Å². The second kappa shape index (κ2) is 16.6. The van der Waals surface area contributed by atoms with Crippen molar-refractivity contribution in [3.8, 4) is 33.5 Å². The molecular formula is C36H34ClN9O4S. The molecule has 2 amide bonds. The summed E-state index contributed by atoms with van der Waals surface area (Å²) in [6.45, 7) is 10.6. The third kappa shape index (κ3) is 9.80. The summed E-state index contributed by atoms with van der Waals surface area (Å²) in [4.78, 5) is 44.6. The normalized spacial score (nSPS) is 10.5. The molecule has 4 heterocycles. The van der Waals surface area contributed by atoms with Crippen LogP contribution in [0.2, 0.25) is 5.15 Å². The average molecular weight is 724 g/mol. The molecule has 0 aliphatic heterocycles. The van der Waals surface area contributed by atoms with Crippen LogP contribution in [0.4, 0.5) is 27.0 Å². The Bertz CT molecular complexity index is 2160. The number of thiazole rings is 1. The summed E-state index contributed by atoms with van der Waals surface area (Å²) in [7, 11) is 0. The van der Waals surface area contributed by atoms with Gasteiger partial charge in [-0.15, -0.1) is 0 Å². The molecule has 4 aromatic heterocycles. The van der Waals surface area contributed by atoms with Crippen molar-refractivity contribution in [3.05, 3.63) is 123 Å². The maximum atomic E-state index is 12.8. The lowest BCUT2D eigenvalue weighted by Crippen LogP contribution is -2.20. The summed E-state index contributed by atoms with van der Waals surface area (Å²) in [5, 5.41) is 20.0. The summed E-state index contributed by atoms with van der Waals surface area (Å²) < 4.78 is 5.78. The van der Waals surface area contributed by atoms with Crippen molar-refractivity contribution < 1.29 is 14.5 Å². The lowest BCUT2D eigenvalue weighted by molar-refractivity contribution is -0.385. The van der Waals surface area contributed by atoms with Crippen LogP contribution in [0.15, 0.2) is 85.6 Å². The average Bonchev–Trinajstić information content (AvgIpc) is 3.57. The van der Waals surface area contributed by atoms with E-state index in [0.29, 0.717) is 22.8 Å². The number of nitrogens with zero attached hydrogens (tertiary/aromatic N) is 6. The quantitative estimate of drug-likeness (QED) is 0.0742. The molecule has 15 heteroatoms. The SMILES string of the molecule is CCNc1ncc(-c2ccc(Oc3ncc(NC(=O)Nc4cc(C)cnc4-c4ccc(C)c(C)c4)cn3)cc2)s1.Cc1cnc(Cl)c([N+](=O)[O-])c1. The van der Waals surface area contributed by atoms with Crippen molar-refractivity contribution >= 4 is 51.2 Å². The number of benzene rings is 2. The molecule has 2 aromatic carbocycles. The van der Waals surface area contributed by atoms with E-state index in [1.165, 1.54) is 30.2 Å². The van der Waals surface area contributed by atoms with E-state index in [1.54, 1.807) is 24.5 Å². The van der Waals surface area contributed by atoms with Crippen LogP contribution in [-0.4, -0.2) is 42.4 Å². The third-order valence-corrected chi connectivity index (χ3v) is 8.57. The van der Waals surface area contributed by atoms with Gasteiger partial charge in [0, 0.05) is 36.8 Å². The Kier molecular flexibility index (Phi) is 11.8. The van der Waals surface area contributed by atoms with Crippen molar-refractivity contribution in [2.75, 3.05) is 22.5 Å². The Labute approximate surface area is 303 Å². The van der Waals surface area contributed by atoms with Gasteiger partial charge in [0.1, 0.15) is 5.75 Å². The van der Waals surface area contributed by atoms with Gasteiger partial charge >= 0.3 is 17.7 Å². The highest BCUT2D eigenvalue weighted by Gasteiger charge is 2.14.